The Morgan fingerprint density at radius 1 is 1.12 bits per heavy atom. The van der Waals surface area contributed by atoms with Crippen LogP contribution < -0.4 is 5.32 Å². The third-order valence-corrected chi connectivity index (χ3v) is 7.37. The van der Waals surface area contributed by atoms with Gasteiger partial charge in [-0.2, -0.15) is 0 Å². The Kier molecular flexibility index (Phi) is 6.66. The van der Waals surface area contributed by atoms with Gasteiger partial charge >= 0.3 is 0 Å². The molecule has 0 bridgehead atoms. The molecule has 2 rings (SSSR count). The smallest absolute Gasteiger partial charge is 0.238 e. The molecule has 1 fully saturated rings. The fraction of sp³-hybridized carbons (Fsp3) is 0.650. The van der Waals surface area contributed by atoms with Gasteiger partial charge in [-0.3, -0.25) is 4.79 Å². The molecule has 0 saturated heterocycles. The molecule has 25 heavy (non-hydrogen) atoms. The van der Waals surface area contributed by atoms with E-state index in [0.717, 1.165) is 35.1 Å². The predicted octanol–water partition coefficient (Wildman–Crippen LogP) is 3.61. The predicted molar refractivity (Wildman–Crippen MR) is 102 cm³/mol. The summed E-state index contributed by atoms with van der Waals surface area (Å²) in [5.74, 6) is 0.0466. The fourth-order valence-corrected chi connectivity index (χ4v) is 5.22. The molecule has 1 saturated carbocycles. The van der Waals surface area contributed by atoms with Gasteiger partial charge < -0.3 is 5.32 Å². The molecule has 0 aliphatic heterocycles. The van der Waals surface area contributed by atoms with Gasteiger partial charge in [0.05, 0.1) is 5.75 Å². The van der Waals surface area contributed by atoms with Crippen LogP contribution in [0, 0.1) is 26.7 Å². The van der Waals surface area contributed by atoms with Crippen molar-refractivity contribution in [3.8, 4) is 0 Å². The van der Waals surface area contributed by atoms with Crippen LogP contribution in [0.1, 0.15) is 61.3 Å². The summed E-state index contributed by atoms with van der Waals surface area (Å²) in [6, 6.07) is 3.98. The van der Waals surface area contributed by atoms with Crippen molar-refractivity contribution in [1.29, 1.82) is 0 Å². The number of rotatable bonds is 6. The Bertz CT molecular complexity index is 695. The second kappa shape index (κ2) is 8.35. The highest BCUT2D eigenvalue weighted by atomic mass is 32.2. The molecule has 140 valence electrons. The zero-order valence-corrected chi connectivity index (χ0v) is 16.7. The molecule has 0 radical (unpaired) electrons. The highest BCUT2D eigenvalue weighted by molar-refractivity contribution is 7.92. The van der Waals surface area contributed by atoms with Crippen molar-refractivity contribution in [1.82, 2.24) is 5.32 Å². The standard InChI is InChI=1S/C20H31NO3S/c1-14-10-15(2)19(16(3)11-14)13-25(23,24)17(4)20(22)21-12-18-8-6-5-7-9-18/h10-11,17-18H,5-9,12-13H2,1-4H3,(H,21,22). The van der Waals surface area contributed by atoms with Gasteiger partial charge in [-0.05, 0) is 63.1 Å². The normalized spacial score (nSPS) is 17.3. The van der Waals surface area contributed by atoms with Crippen LogP contribution in [-0.2, 0) is 20.4 Å². The number of hydrogen-bond donors (Lipinski definition) is 1. The van der Waals surface area contributed by atoms with E-state index in [4.69, 9.17) is 0 Å². The molecule has 1 aliphatic rings. The fourth-order valence-electron chi connectivity index (χ4n) is 3.71. The second-order valence-corrected chi connectivity index (χ2v) is 9.90. The zero-order valence-electron chi connectivity index (χ0n) is 15.9. The highest BCUT2D eigenvalue weighted by Gasteiger charge is 2.29. The van der Waals surface area contributed by atoms with Crippen molar-refractivity contribution in [2.45, 2.75) is 70.8 Å². The first-order valence-corrected chi connectivity index (χ1v) is 11.0. The Morgan fingerprint density at radius 2 is 1.68 bits per heavy atom. The van der Waals surface area contributed by atoms with Gasteiger partial charge in [0, 0.05) is 6.54 Å². The maximum Gasteiger partial charge on any atom is 0.238 e. The lowest BCUT2D eigenvalue weighted by Gasteiger charge is -2.23. The summed E-state index contributed by atoms with van der Waals surface area (Å²) < 4.78 is 25.4. The van der Waals surface area contributed by atoms with Crippen LogP contribution in [0.5, 0.6) is 0 Å². The van der Waals surface area contributed by atoms with Crippen LogP contribution in [0.3, 0.4) is 0 Å². The first-order valence-electron chi connectivity index (χ1n) is 9.26. The molecule has 0 aromatic heterocycles. The molecule has 1 amide bonds. The molecular formula is C20H31NO3S. The highest BCUT2D eigenvalue weighted by Crippen LogP contribution is 2.23. The molecule has 1 aromatic carbocycles. The van der Waals surface area contributed by atoms with Gasteiger partial charge in [0.2, 0.25) is 5.91 Å². The summed E-state index contributed by atoms with van der Waals surface area (Å²) in [7, 11) is -3.54. The minimum absolute atomic E-state index is 0.0804. The Morgan fingerprint density at radius 3 is 2.24 bits per heavy atom. The number of carbonyl (C=O) groups excluding carboxylic acids is 1. The molecular weight excluding hydrogens is 334 g/mol. The molecule has 4 nitrogen and oxygen atoms in total. The molecule has 1 unspecified atom stereocenters. The summed E-state index contributed by atoms with van der Waals surface area (Å²) in [4.78, 5) is 12.4. The van der Waals surface area contributed by atoms with E-state index in [9.17, 15) is 13.2 Å². The first-order chi connectivity index (χ1) is 11.7. The van der Waals surface area contributed by atoms with Crippen LogP contribution >= 0.6 is 0 Å². The maximum absolute atomic E-state index is 12.7. The van der Waals surface area contributed by atoms with Crippen molar-refractivity contribution in [3.63, 3.8) is 0 Å². The quantitative estimate of drug-likeness (QED) is 0.837. The molecule has 0 heterocycles. The lowest BCUT2D eigenvalue weighted by atomic mass is 9.89. The van der Waals surface area contributed by atoms with Crippen molar-refractivity contribution in [2.24, 2.45) is 5.92 Å². The summed E-state index contributed by atoms with van der Waals surface area (Å²) in [6.07, 6.45) is 5.94. The van der Waals surface area contributed by atoms with Gasteiger partial charge in [0.25, 0.3) is 0 Å². The Hall–Kier alpha value is -1.36. The number of amides is 1. The summed E-state index contributed by atoms with van der Waals surface area (Å²) in [5, 5.41) is 1.85. The second-order valence-electron chi connectivity index (χ2n) is 7.58. The molecule has 1 N–H and O–H groups in total. The number of aryl methyl sites for hydroxylation is 3. The van der Waals surface area contributed by atoms with Crippen LogP contribution in [0.15, 0.2) is 12.1 Å². The zero-order chi connectivity index (χ0) is 18.6. The van der Waals surface area contributed by atoms with E-state index in [0.29, 0.717) is 12.5 Å². The largest absolute Gasteiger partial charge is 0.355 e. The van der Waals surface area contributed by atoms with Gasteiger partial charge in [-0.15, -0.1) is 0 Å². The van der Waals surface area contributed by atoms with Gasteiger partial charge in [-0.25, -0.2) is 8.42 Å². The number of carbonyl (C=O) groups is 1. The van der Waals surface area contributed by atoms with E-state index >= 15 is 0 Å². The van der Waals surface area contributed by atoms with E-state index in [1.54, 1.807) is 0 Å². The van der Waals surface area contributed by atoms with E-state index in [1.807, 2.05) is 32.9 Å². The lowest BCUT2D eigenvalue weighted by molar-refractivity contribution is -0.120. The van der Waals surface area contributed by atoms with Crippen molar-refractivity contribution in [2.75, 3.05) is 6.54 Å². The van der Waals surface area contributed by atoms with Crippen molar-refractivity contribution >= 4 is 15.7 Å². The molecule has 1 atom stereocenters. The minimum atomic E-state index is -3.54. The SMILES string of the molecule is Cc1cc(C)c(CS(=O)(=O)C(C)C(=O)NCC2CCCCC2)c(C)c1. The summed E-state index contributed by atoms with van der Waals surface area (Å²) >= 11 is 0. The molecule has 0 spiro atoms. The molecule has 5 heteroatoms. The average Bonchev–Trinajstić information content (AvgIpc) is 2.56. The summed E-state index contributed by atoms with van der Waals surface area (Å²) in [6.45, 7) is 7.96. The van der Waals surface area contributed by atoms with E-state index in [1.165, 1.54) is 26.2 Å². The minimum Gasteiger partial charge on any atom is -0.355 e. The molecule has 1 aromatic rings. The number of benzene rings is 1. The van der Waals surface area contributed by atoms with E-state index in [-0.39, 0.29) is 11.7 Å². The number of hydrogen-bond acceptors (Lipinski definition) is 3. The third-order valence-electron chi connectivity index (χ3n) is 5.38. The van der Waals surface area contributed by atoms with Gasteiger partial charge in [0.1, 0.15) is 5.25 Å². The Labute approximate surface area is 152 Å². The number of sulfone groups is 1. The van der Waals surface area contributed by atoms with Gasteiger partial charge in [-0.1, -0.05) is 37.0 Å². The van der Waals surface area contributed by atoms with Crippen LogP contribution in [-0.4, -0.2) is 26.1 Å². The topological polar surface area (TPSA) is 63.2 Å². The summed E-state index contributed by atoms with van der Waals surface area (Å²) in [5.41, 5.74) is 3.87. The molecule has 1 aliphatic carbocycles. The first kappa shape index (κ1) is 20.0. The van der Waals surface area contributed by atoms with Gasteiger partial charge in [0.15, 0.2) is 9.84 Å². The third kappa shape index (κ3) is 5.30. The van der Waals surface area contributed by atoms with E-state index in [2.05, 4.69) is 5.32 Å². The number of nitrogens with one attached hydrogen (secondary N) is 1. The van der Waals surface area contributed by atoms with Crippen LogP contribution in [0.2, 0.25) is 0 Å². The maximum atomic E-state index is 12.7. The monoisotopic (exact) mass is 365 g/mol. The van der Waals surface area contributed by atoms with Crippen molar-refractivity contribution < 1.29 is 13.2 Å². The van der Waals surface area contributed by atoms with E-state index < -0.39 is 15.1 Å². The lowest BCUT2D eigenvalue weighted by Crippen LogP contribution is -2.40. The average molecular weight is 366 g/mol. The van der Waals surface area contributed by atoms with Crippen LogP contribution in [0.25, 0.3) is 0 Å². The van der Waals surface area contributed by atoms with Crippen LogP contribution in [0.4, 0.5) is 0 Å². The Balaban J connectivity index is 2.01. The van der Waals surface area contributed by atoms with Crippen molar-refractivity contribution in [3.05, 3.63) is 34.4 Å².